The van der Waals surface area contributed by atoms with Crippen LogP contribution in [-0.4, -0.2) is 39.5 Å². The zero-order valence-electron chi connectivity index (χ0n) is 11.5. The number of hydrogen-bond donors (Lipinski definition) is 3. The Labute approximate surface area is 125 Å². The highest BCUT2D eigenvalue weighted by atomic mass is 16.2. The molecule has 4 amide bonds. The van der Waals surface area contributed by atoms with Crippen LogP contribution in [0, 0.1) is 0 Å². The molecule has 0 bridgehead atoms. The standard InChI is InChI=1S/C14H13N5O3/c20-12-7-15-14(22)19(12)8-9-2-1-3-10(6-9)17-13(21)11-4-5-16-18-11/h1-6H,7-8H2,(H,15,22)(H,16,18)(H,17,21). The van der Waals surface area contributed by atoms with Crippen molar-refractivity contribution in [3.8, 4) is 0 Å². The first kappa shape index (κ1) is 13.8. The molecule has 1 aromatic heterocycles. The molecule has 3 rings (SSSR count). The summed E-state index contributed by atoms with van der Waals surface area (Å²) in [6.07, 6.45) is 1.49. The predicted molar refractivity (Wildman–Crippen MR) is 76.9 cm³/mol. The third kappa shape index (κ3) is 2.80. The van der Waals surface area contributed by atoms with E-state index in [0.29, 0.717) is 11.4 Å². The highest BCUT2D eigenvalue weighted by Crippen LogP contribution is 2.15. The lowest BCUT2D eigenvalue weighted by Gasteiger charge is -2.13. The summed E-state index contributed by atoms with van der Waals surface area (Å²) in [5, 5.41) is 11.5. The van der Waals surface area contributed by atoms with Crippen molar-refractivity contribution in [1.29, 1.82) is 0 Å². The first-order valence-electron chi connectivity index (χ1n) is 6.61. The average Bonchev–Trinajstić information content (AvgIpc) is 3.13. The molecule has 1 aliphatic rings. The van der Waals surface area contributed by atoms with Gasteiger partial charge in [0.25, 0.3) is 5.91 Å². The number of aromatic amines is 1. The first-order chi connectivity index (χ1) is 10.6. The number of rotatable bonds is 4. The third-order valence-corrected chi connectivity index (χ3v) is 3.21. The largest absolute Gasteiger partial charge is 0.329 e. The van der Waals surface area contributed by atoms with Gasteiger partial charge in [-0.3, -0.25) is 19.6 Å². The van der Waals surface area contributed by atoms with Crippen molar-refractivity contribution in [2.75, 3.05) is 11.9 Å². The Balaban J connectivity index is 1.71. The lowest BCUT2D eigenvalue weighted by molar-refractivity contribution is -0.125. The van der Waals surface area contributed by atoms with Crippen LogP contribution in [0.1, 0.15) is 16.1 Å². The van der Waals surface area contributed by atoms with Gasteiger partial charge in [0.1, 0.15) is 5.69 Å². The summed E-state index contributed by atoms with van der Waals surface area (Å²) in [4.78, 5) is 36.1. The maximum atomic E-state index is 11.9. The van der Waals surface area contributed by atoms with Gasteiger partial charge in [-0.1, -0.05) is 12.1 Å². The number of carbonyl (C=O) groups excluding carboxylic acids is 3. The molecule has 3 N–H and O–H groups in total. The van der Waals surface area contributed by atoms with Crippen molar-refractivity contribution in [3.05, 3.63) is 47.8 Å². The van der Waals surface area contributed by atoms with E-state index in [2.05, 4.69) is 20.8 Å². The number of aromatic nitrogens is 2. The lowest BCUT2D eigenvalue weighted by atomic mass is 10.2. The van der Waals surface area contributed by atoms with Crippen molar-refractivity contribution < 1.29 is 14.4 Å². The summed E-state index contributed by atoms with van der Waals surface area (Å²) >= 11 is 0. The molecular weight excluding hydrogens is 286 g/mol. The van der Waals surface area contributed by atoms with Crippen LogP contribution >= 0.6 is 0 Å². The van der Waals surface area contributed by atoms with Gasteiger partial charge in [0.15, 0.2) is 0 Å². The van der Waals surface area contributed by atoms with E-state index in [0.717, 1.165) is 10.5 Å². The Bertz CT molecular complexity index is 710. The zero-order chi connectivity index (χ0) is 15.5. The van der Waals surface area contributed by atoms with Crippen LogP contribution in [0.2, 0.25) is 0 Å². The summed E-state index contributed by atoms with van der Waals surface area (Å²) < 4.78 is 0. The summed E-state index contributed by atoms with van der Waals surface area (Å²) in [5.41, 5.74) is 1.66. The normalized spacial score (nSPS) is 14.1. The second kappa shape index (κ2) is 5.68. The molecule has 8 heteroatoms. The quantitative estimate of drug-likeness (QED) is 0.723. The number of hydrogen-bond acceptors (Lipinski definition) is 4. The molecule has 0 saturated carbocycles. The molecule has 1 aromatic carbocycles. The fourth-order valence-corrected chi connectivity index (χ4v) is 2.13. The molecule has 112 valence electrons. The number of imide groups is 1. The molecule has 2 heterocycles. The number of nitrogens with zero attached hydrogens (tertiary/aromatic N) is 2. The minimum Gasteiger partial charge on any atom is -0.329 e. The van der Waals surface area contributed by atoms with Crippen LogP contribution in [0.4, 0.5) is 10.5 Å². The molecule has 1 saturated heterocycles. The number of H-pyrrole nitrogens is 1. The number of amides is 4. The molecule has 0 atom stereocenters. The van der Waals surface area contributed by atoms with E-state index in [1.165, 1.54) is 6.20 Å². The Morgan fingerprint density at radius 1 is 1.32 bits per heavy atom. The summed E-state index contributed by atoms with van der Waals surface area (Å²) in [5.74, 6) is -0.582. The minimum atomic E-state index is -0.406. The van der Waals surface area contributed by atoms with Crippen molar-refractivity contribution in [1.82, 2.24) is 20.4 Å². The summed E-state index contributed by atoms with van der Waals surface area (Å²) in [6.45, 7) is 0.188. The SMILES string of the molecule is O=C(Nc1cccc(CN2C(=O)CNC2=O)c1)c1ccn[nH]1. The monoisotopic (exact) mass is 299 g/mol. The topological polar surface area (TPSA) is 107 Å². The van der Waals surface area contributed by atoms with Gasteiger partial charge in [0.05, 0.1) is 13.1 Å². The molecule has 2 aromatic rings. The van der Waals surface area contributed by atoms with Gasteiger partial charge in [-0.15, -0.1) is 0 Å². The number of urea groups is 1. The average molecular weight is 299 g/mol. The molecule has 1 aliphatic heterocycles. The molecule has 8 nitrogen and oxygen atoms in total. The van der Waals surface area contributed by atoms with Crippen LogP contribution in [0.5, 0.6) is 0 Å². The van der Waals surface area contributed by atoms with E-state index in [4.69, 9.17) is 0 Å². The van der Waals surface area contributed by atoms with Gasteiger partial charge in [-0.2, -0.15) is 5.10 Å². The van der Waals surface area contributed by atoms with E-state index in [1.807, 2.05) is 0 Å². The molecular formula is C14H13N5O3. The number of anilines is 1. The second-order valence-electron chi connectivity index (χ2n) is 4.76. The third-order valence-electron chi connectivity index (χ3n) is 3.21. The second-order valence-corrected chi connectivity index (χ2v) is 4.76. The maximum Gasteiger partial charge on any atom is 0.324 e. The molecule has 22 heavy (non-hydrogen) atoms. The zero-order valence-corrected chi connectivity index (χ0v) is 11.5. The molecule has 1 fully saturated rings. The van der Waals surface area contributed by atoms with Crippen LogP contribution in [0.15, 0.2) is 36.5 Å². The van der Waals surface area contributed by atoms with Gasteiger partial charge in [0, 0.05) is 11.9 Å². The molecule has 0 unspecified atom stereocenters. The highest BCUT2D eigenvalue weighted by molar-refractivity contribution is 6.03. The lowest BCUT2D eigenvalue weighted by Crippen LogP contribution is -2.30. The van der Waals surface area contributed by atoms with E-state index in [1.54, 1.807) is 30.3 Å². The Kier molecular flexibility index (Phi) is 3.57. The highest BCUT2D eigenvalue weighted by Gasteiger charge is 2.28. The Morgan fingerprint density at radius 3 is 2.86 bits per heavy atom. The maximum absolute atomic E-state index is 11.9. The predicted octanol–water partition coefficient (Wildman–Crippen LogP) is 0.714. The molecule has 0 radical (unpaired) electrons. The van der Waals surface area contributed by atoms with Gasteiger partial charge < -0.3 is 10.6 Å². The van der Waals surface area contributed by atoms with Crippen molar-refractivity contribution in [3.63, 3.8) is 0 Å². The smallest absolute Gasteiger partial charge is 0.324 e. The van der Waals surface area contributed by atoms with E-state index >= 15 is 0 Å². The van der Waals surface area contributed by atoms with E-state index in [9.17, 15) is 14.4 Å². The van der Waals surface area contributed by atoms with Gasteiger partial charge in [-0.05, 0) is 23.8 Å². The van der Waals surface area contributed by atoms with E-state index < -0.39 is 6.03 Å². The summed E-state index contributed by atoms with van der Waals surface area (Å²) in [6, 6.07) is 8.13. The number of nitrogens with one attached hydrogen (secondary N) is 3. The fourth-order valence-electron chi connectivity index (χ4n) is 2.13. The van der Waals surface area contributed by atoms with Crippen molar-refractivity contribution in [2.24, 2.45) is 0 Å². The van der Waals surface area contributed by atoms with Gasteiger partial charge >= 0.3 is 6.03 Å². The Morgan fingerprint density at radius 2 is 2.18 bits per heavy atom. The Hall–Kier alpha value is -3.16. The molecule has 0 aliphatic carbocycles. The van der Waals surface area contributed by atoms with Crippen LogP contribution in [0.25, 0.3) is 0 Å². The van der Waals surface area contributed by atoms with Crippen LogP contribution in [0.3, 0.4) is 0 Å². The summed E-state index contributed by atoms with van der Waals surface area (Å²) in [7, 11) is 0. The fraction of sp³-hybridized carbons (Fsp3) is 0.143. The van der Waals surface area contributed by atoms with E-state index in [-0.39, 0.29) is 24.9 Å². The van der Waals surface area contributed by atoms with Crippen LogP contribution < -0.4 is 10.6 Å². The van der Waals surface area contributed by atoms with Crippen molar-refractivity contribution >= 4 is 23.5 Å². The number of carbonyl (C=O) groups is 3. The molecule has 0 spiro atoms. The first-order valence-corrected chi connectivity index (χ1v) is 6.61. The van der Waals surface area contributed by atoms with Gasteiger partial charge in [-0.25, -0.2) is 4.79 Å². The number of benzene rings is 1. The van der Waals surface area contributed by atoms with Crippen LogP contribution in [-0.2, 0) is 11.3 Å². The van der Waals surface area contributed by atoms with Gasteiger partial charge in [0.2, 0.25) is 5.91 Å². The van der Waals surface area contributed by atoms with Crippen molar-refractivity contribution in [2.45, 2.75) is 6.54 Å². The minimum absolute atomic E-state index is 0.0229.